The van der Waals surface area contributed by atoms with E-state index in [1.54, 1.807) is 34.7 Å². The van der Waals surface area contributed by atoms with Gasteiger partial charge in [0.15, 0.2) is 0 Å². The van der Waals surface area contributed by atoms with Gasteiger partial charge in [0.05, 0.1) is 15.6 Å². The average Bonchev–Trinajstić information content (AvgIpc) is 3.28. The van der Waals surface area contributed by atoms with E-state index < -0.39 is 12.0 Å². The molecule has 0 fully saturated rings. The van der Waals surface area contributed by atoms with Crippen LogP contribution in [0.4, 0.5) is 5.95 Å². The van der Waals surface area contributed by atoms with Crippen LogP contribution in [0.3, 0.4) is 0 Å². The van der Waals surface area contributed by atoms with Crippen molar-refractivity contribution in [1.29, 1.82) is 0 Å². The number of thioether (sulfide) groups is 1. The Kier molecular flexibility index (Phi) is 8.61. The van der Waals surface area contributed by atoms with Crippen LogP contribution in [0, 0.1) is 0 Å². The van der Waals surface area contributed by atoms with Crippen molar-refractivity contribution in [3.05, 3.63) is 87.6 Å². The zero-order valence-electron chi connectivity index (χ0n) is 20.0. The van der Waals surface area contributed by atoms with Crippen molar-refractivity contribution in [1.82, 2.24) is 14.8 Å². The zero-order valence-corrected chi connectivity index (χ0v) is 22.3. The molecule has 0 saturated heterocycles. The number of aromatic nitrogens is 3. The number of ether oxygens (including phenoxy) is 2. The minimum absolute atomic E-state index is 0.117. The summed E-state index contributed by atoms with van der Waals surface area (Å²) in [4.78, 5) is 17.7. The molecule has 1 unspecified atom stereocenters. The maximum absolute atomic E-state index is 13.0. The highest BCUT2D eigenvalue weighted by atomic mass is 35.5. The minimum Gasteiger partial charge on any atom is -0.489 e. The summed E-state index contributed by atoms with van der Waals surface area (Å²) in [7, 11) is 0. The van der Waals surface area contributed by atoms with Gasteiger partial charge in [-0.2, -0.15) is 4.98 Å². The summed E-state index contributed by atoms with van der Waals surface area (Å²) < 4.78 is 13.1. The number of carbonyl (C=O) groups excluding carboxylic acids is 1. The number of hydrogen-bond donors (Lipinski definition) is 1. The molecule has 0 spiro atoms. The highest BCUT2D eigenvalue weighted by Gasteiger charge is 2.35. The summed E-state index contributed by atoms with van der Waals surface area (Å²) >= 11 is 13.7. The van der Waals surface area contributed by atoms with Crippen LogP contribution in [-0.4, -0.2) is 33.1 Å². The van der Waals surface area contributed by atoms with Crippen LogP contribution in [0.25, 0.3) is 0 Å². The van der Waals surface area contributed by atoms with Gasteiger partial charge in [0.2, 0.25) is 11.1 Å². The summed E-state index contributed by atoms with van der Waals surface area (Å²) in [5.74, 6) is 1.72. The van der Waals surface area contributed by atoms with Crippen LogP contribution in [0.15, 0.2) is 71.5 Å². The van der Waals surface area contributed by atoms with Gasteiger partial charge in [0.1, 0.15) is 25.0 Å². The maximum Gasteiger partial charge on any atom is 0.338 e. The predicted molar refractivity (Wildman–Crippen MR) is 144 cm³/mol. The Hall–Kier alpha value is -2.94. The van der Waals surface area contributed by atoms with Crippen molar-refractivity contribution < 1.29 is 14.3 Å². The number of fused-ring (bicyclic) bond motifs is 1. The van der Waals surface area contributed by atoms with Gasteiger partial charge in [-0.1, -0.05) is 72.7 Å². The zero-order chi connectivity index (χ0) is 25.7. The van der Waals surface area contributed by atoms with Crippen molar-refractivity contribution in [2.45, 2.75) is 38.1 Å². The van der Waals surface area contributed by atoms with E-state index in [4.69, 9.17) is 37.8 Å². The predicted octanol–water partition coefficient (Wildman–Crippen LogP) is 6.68. The molecule has 4 rings (SSSR count). The van der Waals surface area contributed by atoms with E-state index in [1.165, 1.54) is 0 Å². The number of nitrogens with one attached hydrogen (secondary N) is 1. The lowest BCUT2D eigenvalue weighted by atomic mass is 9.96. The Morgan fingerprint density at radius 2 is 2.00 bits per heavy atom. The van der Waals surface area contributed by atoms with Gasteiger partial charge in [0.25, 0.3) is 0 Å². The highest BCUT2D eigenvalue weighted by molar-refractivity contribution is 7.99. The monoisotopic (exact) mass is 544 g/mol. The standard InChI is InChI=1S/C26H26Cl2N4O3S/c1-4-12-34-24(33)22-16(3)29-25-30-26(36-13-5-2)31-32(25)23(22)18-7-9-19(10-8-18)35-15-17-6-11-20(27)21(28)14-17/h4,6-11,14,23H,1,5,12-13,15H2,2-3H3,(H,29,30,31). The molecule has 2 heterocycles. The van der Waals surface area contributed by atoms with Gasteiger partial charge in [-0.05, 0) is 48.7 Å². The molecule has 1 N–H and O–H groups in total. The van der Waals surface area contributed by atoms with Gasteiger partial charge in [-0.15, -0.1) is 5.10 Å². The Bertz CT molecular complexity index is 1290. The molecular weight excluding hydrogens is 519 g/mol. The molecule has 188 valence electrons. The van der Waals surface area contributed by atoms with E-state index in [9.17, 15) is 4.79 Å². The van der Waals surface area contributed by atoms with Crippen molar-refractivity contribution in [2.75, 3.05) is 17.7 Å². The lowest BCUT2D eigenvalue weighted by Crippen LogP contribution is -2.29. The van der Waals surface area contributed by atoms with Gasteiger partial charge < -0.3 is 14.8 Å². The lowest BCUT2D eigenvalue weighted by molar-refractivity contribution is -0.138. The second kappa shape index (κ2) is 11.9. The largest absolute Gasteiger partial charge is 0.489 e. The minimum atomic E-state index is -0.508. The van der Waals surface area contributed by atoms with Crippen molar-refractivity contribution in [3.63, 3.8) is 0 Å². The molecule has 0 bridgehead atoms. The molecule has 1 aromatic heterocycles. The first-order valence-electron chi connectivity index (χ1n) is 11.4. The Morgan fingerprint density at radius 1 is 1.22 bits per heavy atom. The van der Waals surface area contributed by atoms with Gasteiger partial charge in [0, 0.05) is 11.4 Å². The van der Waals surface area contributed by atoms with Crippen molar-refractivity contribution >= 4 is 46.9 Å². The molecule has 36 heavy (non-hydrogen) atoms. The number of hydrogen-bond acceptors (Lipinski definition) is 7. The first-order valence-corrected chi connectivity index (χ1v) is 13.2. The average molecular weight is 545 g/mol. The fourth-order valence-electron chi connectivity index (χ4n) is 3.71. The summed E-state index contributed by atoms with van der Waals surface area (Å²) in [5.41, 5.74) is 2.88. The molecule has 0 radical (unpaired) electrons. The third-order valence-corrected chi connectivity index (χ3v) is 7.19. The quantitative estimate of drug-likeness (QED) is 0.173. The maximum atomic E-state index is 13.0. The summed E-state index contributed by atoms with van der Waals surface area (Å²) in [6.07, 6.45) is 2.55. The molecule has 7 nitrogen and oxygen atoms in total. The SMILES string of the molecule is C=CCOC(=O)C1=C(C)Nc2nc(SCCC)nn2C1c1ccc(OCc2ccc(Cl)c(Cl)c2)cc1. The van der Waals surface area contributed by atoms with E-state index in [2.05, 4.69) is 23.8 Å². The fourth-order valence-corrected chi connectivity index (χ4v) is 4.72. The lowest BCUT2D eigenvalue weighted by Gasteiger charge is -2.28. The molecule has 1 aliphatic heterocycles. The molecule has 10 heteroatoms. The van der Waals surface area contributed by atoms with Crippen LogP contribution in [0.5, 0.6) is 5.75 Å². The second-order valence-corrected chi connectivity index (χ2v) is 9.95. The number of nitrogens with zero attached hydrogens (tertiary/aromatic N) is 3. The summed E-state index contributed by atoms with van der Waals surface area (Å²) in [6, 6.07) is 12.4. The number of carbonyl (C=O) groups is 1. The highest BCUT2D eigenvalue weighted by Crippen LogP contribution is 2.37. The van der Waals surface area contributed by atoms with Crippen LogP contribution in [-0.2, 0) is 16.1 Å². The smallest absolute Gasteiger partial charge is 0.338 e. The van der Waals surface area contributed by atoms with Crippen molar-refractivity contribution in [2.24, 2.45) is 0 Å². The molecule has 1 aliphatic rings. The summed E-state index contributed by atoms with van der Waals surface area (Å²) in [5, 5.41) is 9.54. The fraction of sp³-hybridized carbons (Fsp3) is 0.269. The number of allylic oxidation sites excluding steroid dienone is 1. The van der Waals surface area contributed by atoms with Crippen LogP contribution < -0.4 is 10.1 Å². The van der Waals surface area contributed by atoms with Gasteiger partial charge in [-0.25, -0.2) is 9.48 Å². The second-order valence-electron chi connectivity index (χ2n) is 8.07. The Labute approximate surface area is 224 Å². The Balaban J connectivity index is 1.61. The van der Waals surface area contributed by atoms with Crippen molar-refractivity contribution in [3.8, 4) is 5.75 Å². The normalized spacial score (nSPS) is 14.7. The molecule has 2 aromatic carbocycles. The van der Waals surface area contributed by atoms with Crippen LogP contribution >= 0.6 is 35.0 Å². The van der Waals surface area contributed by atoms with Gasteiger partial charge in [-0.3, -0.25) is 0 Å². The molecule has 1 atom stereocenters. The molecular formula is C26H26Cl2N4O3S. The molecule has 0 saturated carbocycles. The Morgan fingerprint density at radius 3 is 2.69 bits per heavy atom. The third-order valence-electron chi connectivity index (χ3n) is 5.41. The van der Waals surface area contributed by atoms with E-state index in [0.29, 0.717) is 44.8 Å². The van der Waals surface area contributed by atoms with E-state index in [-0.39, 0.29) is 6.61 Å². The molecule has 3 aromatic rings. The van der Waals surface area contributed by atoms with Crippen LogP contribution in [0.2, 0.25) is 10.0 Å². The van der Waals surface area contributed by atoms with Gasteiger partial charge >= 0.3 is 5.97 Å². The first kappa shape index (κ1) is 26.1. The third kappa shape index (κ3) is 5.88. The molecule has 0 aliphatic carbocycles. The summed E-state index contributed by atoms with van der Waals surface area (Å²) in [6.45, 7) is 8.03. The number of esters is 1. The number of rotatable bonds is 10. The molecule has 0 amide bonds. The number of halogens is 2. The van der Waals surface area contributed by atoms with E-state index in [0.717, 1.165) is 23.3 Å². The van der Waals surface area contributed by atoms with E-state index in [1.807, 2.05) is 37.3 Å². The number of benzene rings is 2. The van der Waals surface area contributed by atoms with E-state index >= 15 is 0 Å². The van der Waals surface area contributed by atoms with Crippen LogP contribution in [0.1, 0.15) is 37.4 Å². The first-order chi connectivity index (χ1) is 17.4. The topological polar surface area (TPSA) is 78.3 Å². The number of anilines is 1.